The molecule has 21 heavy (non-hydrogen) atoms. The van der Waals surface area contributed by atoms with Crippen molar-refractivity contribution in [1.29, 1.82) is 0 Å². The summed E-state index contributed by atoms with van der Waals surface area (Å²) >= 11 is 29.9. The van der Waals surface area contributed by atoms with Gasteiger partial charge in [-0.2, -0.15) is 0 Å². The van der Waals surface area contributed by atoms with Crippen LogP contribution in [0.5, 0.6) is 0 Å². The quantitative estimate of drug-likeness (QED) is 0.467. The smallest absolute Gasteiger partial charge is 0.196 e. The van der Waals surface area contributed by atoms with Gasteiger partial charge in [0, 0.05) is 11.1 Å². The number of rotatable bonds is 0. The van der Waals surface area contributed by atoms with E-state index in [1.165, 1.54) is 18.2 Å². The molecule has 0 spiro atoms. The first-order valence-corrected chi connectivity index (χ1v) is 7.48. The molecule has 1 aliphatic rings. The van der Waals surface area contributed by atoms with Crippen molar-refractivity contribution < 1.29 is 9.59 Å². The minimum atomic E-state index is -0.465. The first kappa shape index (κ1) is 15.1. The Morgan fingerprint density at radius 2 is 1.19 bits per heavy atom. The molecule has 0 radical (unpaired) electrons. The van der Waals surface area contributed by atoms with Crippen LogP contribution in [0.15, 0.2) is 18.2 Å². The van der Waals surface area contributed by atoms with Crippen LogP contribution in [-0.2, 0) is 0 Å². The lowest BCUT2D eigenvalue weighted by molar-refractivity contribution is 0.0979. The number of fused-ring (bicyclic) bond motifs is 2. The second-order valence-corrected chi connectivity index (χ2v) is 6.30. The number of ketones is 2. The van der Waals surface area contributed by atoms with Crippen LogP contribution >= 0.6 is 58.0 Å². The van der Waals surface area contributed by atoms with Crippen molar-refractivity contribution in [3.63, 3.8) is 0 Å². The Morgan fingerprint density at radius 1 is 0.619 bits per heavy atom. The number of hydrogen-bond donors (Lipinski definition) is 0. The third-order valence-corrected chi connectivity index (χ3v) is 5.27. The molecule has 7 heteroatoms. The lowest BCUT2D eigenvalue weighted by Crippen LogP contribution is -2.22. The van der Waals surface area contributed by atoms with E-state index in [2.05, 4.69) is 0 Å². The van der Waals surface area contributed by atoms with Crippen molar-refractivity contribution in [3.05, 3.63) is 65.6 Å². The molecule has 2 aromatic carbocycles. The second kappa shape index (κ2) is 5.15. The summed E-state index contributed by atoms with van der Waals surface area (Å²) in [7, 11) is 0. The highest BCUT2D eigenvalue weighted by Gasteiger charge is 2.35. The van der Waals surface area contributed by atoms with Crippen molar-refractivity contribution in [2.75, 3.05) is 0 Å². The zero-order valence-corrected chi connectivity index (χ0v) is 13.7. The normalized spacial score (nSPS) is 13.2. The molecule has 3 rings (SSSR count). The summed E-state index contributed by atoms with van der Waals surface area (Å²) in [5, 5.41) is 0.283. The van der Waals surface area contributed by atoms with E-state index in [9.17, 15) is 9.59 Å². The third-order valence-electron chi connectivity index (χ3n) is 3.20. The van der Waals surface area contributed by atoms with E-state index in [1.807, 2.05) is 0 Å². The van der Waals surface area contributed by atoms with Gasteiger partial charge in [-0.25, -0.2) is 0 Å². The molecule has 0 aromatic heterocycles. The Kier molecular flexibility index (Phi) is 3.71. The van der Waals surface area contributed by atoms with E-state index in [0.717, 1.165) is 0 Å². The first-order chi connectivity index (χ1) is 9.84. The minimum Gasteiger partial charge on any atom is -0.289 e. The monoisotopic (exact) mass is 378 g/mol. The van der Waals surface area contributed by atoms with Crippen LogP contribution in [0.1, 0.15) is 31.8 Å². The summed E-state index contributed by atoms with van der Waals surface area (Å²) in [5.41, 5.74) is 0.288. The van der Waals surface area contributed by atoms with Crippen molar-refractivity contribution >= 4 is 69.6 Å². The highest BCUT2D eigenvalue weighted by Crippen LogP contribution is 2.42. The van der Waals surface area contributed by atoms with Gasteiger partial charge in [-0.15, -0.1) is 0 Å². The van der Waals surface area contributed by atoms with Gasteiger partial charge in [0.1, 0.15) is 0 Å². The average Bonchev–Trinajstić information content (AvgIpc) is 2.44. The Balaban J connectivity index is 2.41. The van der Waals surface area contributed by atoms with Gasteiger partial charge in [0.15, 0.2) is 11.6 Å². The van der Waals surface area contributed by atoms with Gasteiger partial charge >= 0.3 is 0 Å². The van der Waals surface area contributed by atoms with Crippen LogP contribution in [-0.4, -0.2) is 11.6 Å². The molecule has 0 N–H and O–H groups in total. The van der Waals surface area contributed by atoms with Crippen molar-refractivity contribution in [2.24, 2.45) is 0 Å². The highest BCUT2D eigenvalue weighted by atomic mass is 35.5. The van der Waals surface area contributed by atoms with E-state index in [4.69, 9.17) is 58.0 Å². The standard InChI is InChI=1S/C14H3Cl5O2/c15-6-2-1-4-8(10(6)17)14(21)5-3-7(16)11(18)12(19)9(5)13(4)20/h1-3H. The SMILES string of the molecule is O=C1c2cc(Cl)c(Cl)c(Cl)c2C(=O)c2ccc(Cl)c(Cl)c21. The predicted octanol–water partition coefficient (Wildman–Crippen LogP) is 5.73. The molecule has 0 bridgehead atoms. The van der Waals surface area contributed by atoms with Crippen LogP contribution in [0.25, 0.3) is 0 Å². The Hall–Kier alpha value is -0.770. The second-order valence-electron chi connectivity index (χ2n) is 4.35. The van der Waals surface area contributed by atoms with Crippen molar-refractivity contribution in [2.45, 2.75) is 0 Å². The van der Waals surface area contributed by atoms with E-state index in [1.54, 1.807) is 0 Å². The van der Waals surface area contributed by atoms with Crippen LogP contribution in [0.3, 0.4) is 0 Å². The van der Waals surface area contributed by atoms with Gasteiger partial charge in [0.05, 0.1) is 36.2 Å². The Bertz CT molecular complexity index is 842. The molecule has 0 fully saturated rings. The van der Waals surface area contributed by atoms with Crippen LogP contribution in [0.4, 0.5) is 0 Å². The molecular formula is C14H3Cl5O2. The summed E-state index contributed by atoms with van der Waals surface area (Å²) in [6, 6.07) is 4.20. The molecule has 0 heterocycles. The molecule has 0 amide bonds. The number of benzene rings is 2. The summed E-state index contributed by atoms with van der Waals surface area (Å²) in [5.74, 6) is -0.908. The topological polar surface area (TPSA) is 34.1 Å². The lowest BCUT2D eigenvalue weighted by Gasteiger charge is -2.20. The Labute approximate surface area is 144 Å². The fraction of sp³-hybridized carbons (Fsp3) is 0. The fourth-order valence-corrected chi connectivity index (χ4v) is 3.33. The number of carbonyl (C=O) groups is 2. The maximum atomic E-state index is 12.6. The van der Waals surface area contributed by atoms with E-state index in [-0.39, 0.29) is 47.4 Å². The van der Waals surface area contributed by atoms with Crippen LogP contribution in [0, 0.1) is 0 Å². The van der Waals surface area contributed by atoms with Crippen LogP contribution < -0.4 is 0 Å². The minimum absolute atomic E-state index is 0.0281. The molecule has 1 aliphatic carbocycles. The molecule has 2 aromatic rings. The third kappa shape index (κ3) is 2.09. The maximum absolute atomic E-state index is 12.6. The molecular weight excluding hydrogens is 377 g/mol. The number of carbonyl (C=O) groups excluding carboxylic acids is 2. The fourth-order valence-electron chi connectivity index (χ4n) is 2.23. The van der Waals surface area contributed by atoms with Gasteiger partial charge in [-0.3, -0.25) is 9.59 Å². The lowest BCUT2D eigenvalue weighted by atomic mass is 9.84. The molecule has 0 aliphatic heterocycles. The van der Waals surface area contributed by atoms with Gasteiger partial charge in [0.25, 0.3) is 0 Å². The largest absolute Gasteiger partial charge is 0.289 e. The maximum Gasteiger partial charge on any atom is 0.196 e. The van der Waals surface area contributed by atoms with Gasteiger partial charge in [-0.1, -0.05) is 58.0 Å². The highest BCUT2D eigenvalue weighted by molar-refractivity contribution is 6.52. The number of halogens is 5. The summed E-state index contributed by atoms with van der Waals surface area (Å²) < 4.78 is 0. The number of hydrogen-bond acceptors (Lipinski definition) is 2. The Morgan fingerprint density at radius 3 is 1.86 bits per heavy atom. The summed E-state index contributed by atoms with van der Waals surface area (Å²) in [6.45, 7) is 0. The molecule has 106 valence electrons. The molecule has 0 atom stereocenters. The van der Waals surface area contributed by atoms with Gasteiger partial charge in [0.2, 0.25) is 0 Å². The zero-order valence-electron chi connectivity index (χ0n) is 9.94. The van der Waals surface area contributed by atoms with Crippen LogP contribution in [0.2, 0.25) is 25.1 Å². The van der Waals surface area contributed by atoms with E-state index >= 15 is 0 Å². The van der Waals surface area contributed by atoms with Crippen molar-refractivity contribution in [1.82, 2.24) is 0 Å². The van der Waals surface area contributed by atoms with Crippen molar-refractivity contribution in [3.8, 4) is 0 Å². The summed E-state index contributed by atoms with van der Waals surface area (Å²) in [4.78, 5) is 25.1. The summed E-state index contributed by atoms with van der Waals surface area (Å²) in [6.07, 6.45) is 0. The predicted molar refractivity (Wildman–Crippen MR) is 84.8 cm³/mol. The molecule has 0 saturated heterocycles. The molecule has 2 nitrogen and oxygen atoms in total. The average molecular weight is 380 g/mol. The van der Waals surface area contributed by atoms with E-state index in [0.29, 0.717) is 0 Å². The van der Waals surface area contributed by atoms with E-state index < -0.39 is 11.6 Å². The first-order valence-electron chi connectivity index (χ1n) is 5.59. The zero-order chi connectivity index (χ0) is 15.5. The molecule has 0 saturated carbocycles. The van der Waals surface area contributed by atoms with Gasteiger partial charge in [-0.05, 0) is 18.2 Å². The van der Waals surface area contributed by atoms with Gasteiger partial charge < -0.3 is 0 Å². The molecule has 0 unspecified atom stereocenters.